The molecule has 5 heteroatoms. The highest BCUT2D eigenvalue weighted by atomic mass is 32.2. The topological polar surface area (TPSA) is 59.2 Å². The minimum Gasteiger partial charge on any atom is -0.508 e. The number of aromatic nitrogens is 2. The summed E-state index contributed by atoms with van der Waals surface area (Å²) in [6, 6.07) is 16.8. The normalized spacial score (nSPS) is 10.6. The maximum absolute atomic E-state index is 9.40. The number of hydrogen-bond acceptors (Lipinski definition) is 5. The van der Waals surface area contributed by atoms with Gasteiger partial charge in [-0.2, -0.15) is 4.98 Å². The van der Waals surface area contributed by atoms with Crippen molar-refractivity contribution < 1.29 is 9.63 Å². The van der Waals surface area contributed by atoms with Crippen LogP contribution in [0.25, 0.3) is 11.5 Å². The molecule has 3 aromatic rings. The summed E-state index contributed by atoms with van der Waals surface area (Å²) in [4.78, 5) is 5.33. The van der Waals surface area contributed by atoms with E-state index in [4.69, 9.17) is 4.52 Å². The molecule has 0 atom stereocenters. The van der Waals surface area contributed by atoms with Crippen LogP contribution < -0.4 is 0 Å². The number of rotatable bonds is 4. The Hall–Kier alpha value is -2.27. The Labute approximate surface area is 120 Å². The van der Waals surface area contributed by atoms with Crippen LogP contribution >= 0.6 is 11.8 Å². The zero-order valence-corrected chi connectivity index (χ0v) is 11.4. The van der Waals surface area contributed by atoms with E-state index in [1.54, 1.807) is 23.9 Å². The van der Waals surface area contributed by atoms with Crippen LogP contribution in [-0.2, 0) is 5.75 Å². The minimum atomic E-state index is 0.257. The van der Waals surface area contributed by atoms with E-state index in [0.717, 1.165) is 10.5 Å². The molecule has 0 amide bonds. The van der Waals surface area contributed by atoms with Crippen LogP contribution in [0.5, 0.6) is 5.75 Å². The quantitative estimate of drug-likeness (QED) is 0.740. The molecule has 0 unspecified atom stereocenters. The second kappa shape index (κ2) is 5.79. The fourth-order valence-corrected chi connectivity index (χ4v) is 2.52. The fourth-order valence-electron chi connectivity index (χ4n) is 1.73. The Morgan fingerprint density at radius 2 is 1.90 bits per heavy atom. The van der Waals surface area contributed by atoms with Gasteiger partial charge in [0, 0.05) is 10.5 Å². The van der Waals surface area contributed by atoms with E-state index in [-0.39, 0.29) is 5.75 Å². The highest BCUT2D eigenvalue weighted by Gasteiger charge is 2.08. The van der Waals surface area contributed by atoms with Crippen molar-refractivity contribution in [2.75, 3.05) is 0 Å². The highest BCUT2D eigenvalue weighted by Crippen LogP contribution is 2.25. The van der Waals surface area contributed by atoms with Crippen LogP contribution in [0.15, 0.2) is 64.0 Å². The van der Waals surface area contributed by atoms with Crippen LogP contribution in [0.2, 0.25) is 0 Å². The van der Waals surface area contributed by atoms with Crippen molar-refractivity contribution in [1.82, 2.24) is 10.1 Å². The lowest BCUT2D eigenvalue weighted by Gasteiger charge is -1.98. The summed E-state index contributed by atoms with van der Waals surface area (Å²) in [6.45, 7) is 0. The second-order valence-corrected chi connectivity index (χ2v) is 5.22. The van der Waals surface area contributed by atoms with Crippen molar-refractivity contribution in [3.05, 3.63) is 60.4 Å². The Balaban J connectivity index is 1.69. The van der Waals surface area contributed by atoms with Gasteiger partial charge in [0.15, 0.2) is 5.82 Å². The van der Waals surface area contributed by atoms with E-state index in [2.05, 4.69) is 10.1 Å². The van der Waals surface area contributed by atoms with E-state index in [1.165, 1.54) is 0 Å². The first-order valence-corrected chi connectivity index (χ1v) is 7.10. The average molecular weight is 284 g/mol. The molecule has 0 aliphatic rings. The van der Waals surface area contributed by atoms with E-state index in [1.807, 2.05) is 42.5 Å². The first kappa shape index (κ1) is 12.7. The summed E-state index contributed by atoms with van der Waals surface area (Å²) in [5, 5.41) is 13.4. The number of phenols is 1. The van der Waals surface area contributed by atoms with Crippen molar-refractivity contribution in [1.29, 1.82) is 0 Å². The van der Waals surface area contributed by atoms with E-state index >= 15 is 0 Å². The third-order valence-electron chi connectivity index (χ3n) is 2.67. The van der Waals surface area contributed by atoms with E-state index < -0.39 is 0 Å². The largest absolute Gasteiger partial charge is 0.508 e. The summed E-state index contributed by atoms with van der Waals surface area (Å²) >= 11 is 1.55. The molecule has 0 spiro atoms. The van der Waals surface area contributed by atoms with Gasteiger partial charge >= 0.3 is 0 Å². The Morgan fingerprint density at radius 3 is 2.70 bits per heavy atom. The molecule has 0 aliphatic carbocycles. The van der Waals surface area contributed by atoms with E-state index in [9.17, 15) is 5.11 Å². The molecule has 3 rings (SSSR count). The van der Waals surface area contributed by atoms with Gasteiger partial charge in [0.2, 0.25) is 0 Å². The zero-order chi connectivity index (χ0) is 13.8. The second-order valence-electron chi connectivity index (χ2n) is 4.17. The highest BCUT2D eigenvalue weighted by molar-refractivity contribution is 7.98. The molecule has 0 aliphatic heterocycles. The molecule has 0 saturated heterocycles. The predicted octanol–water partition coefficient (Wildman–Crippen LogP) is 3.73. The summed E-state index contributed by atoms with van der Waals surface area (Å²) in [5.41, 5.74) is 0.911. The average Bonchev–Trinajstić information content (AvgIpc) is 2.95. The number of aromatic hydroxyl groups is 1. The van der Waals surface area contributed by atoms with Crippen LogP contribution in [0.1, 0.15) is 5.82 Å². The fraction of sp³-hybridized carbons (Fsp3) is 0.0667. The van der Waals surface area contributed by atoms with Crippen LogP contribution in [-0.4, -0.2) is 15.2 Å². The summed E-state index contributed by atoms with van der Waals surface area (Å²) in [6.07, 6.45) is 0. The third kappa shape index (κ3) is 3.00. The molecule has 0 fully saturated rings. The molecule has 2 aromatic carbocycles. The minimum absolute atomic E-state index is 0.257. The lowest BCUT2D eigenvalue weighted by Crippen LogP contribution is -1.84. The molecule has 0 radical (unpaired) electrons. The van der Waals surface area contributed by atoms with Crippen molar-refractivity contribution in [3.63, 3.8) is 0 Å². The SMILES string of the molecule is Oc1cccc(SCc2noc(-c3ccccc3)n2)c1. The number of hydrogen-bond donors (Lipinski definition) is 1. The van der Waals surface area contributed by atoms with Gasteiger partial charge < -0.3 is 9.63 Å². The first-order chi connectivity index (χ1) is 9.81. The summed E-state index contributed by atoms with van der Waals surface area (Å²) in [7, 11) is 0. The Kier molecular flexibility index (Phi) is 3.69. The molecular formula is C15H12N2O2S. The van der Waals surface area contributed by atoms with Gasteiger partial charge in [-0.1, -0.05) is 29.4 Å². The van der Waals surface area contributed by atoms with Gasteiger partial charge in [-0.15, -0.1) is 11.8 Å². The molecule has 1 aromatic heterocycles. The van der Waals surface area contributed by atoms with Gasteiger partial charge in [0.1, 0.15) is 5.75 Å². The number of phenolic OH excluding ortho intramolecular Hbond substituents is 1. The smallest absolute Gasteiger partial charge is 0.257 e. The standard InChI is InChI=1S/C15H12N2O2S/c18-12-7-4-8-13(9-12)20-10-14-16-15(19-17-14)11-5-2-1-3-6-11/h1-9,18H,10H2. The van der Waals surface area contributed by atoms with Crippen LogP contribution in [0.3, 0.4) is 0 Å². The monoisotopic (exact) mass is 284 g/mol. The van der Waals surface area contributed by atoms with Crippen molar-refractivity contribution in [2.45, 2.75) is 10.6 Å². The maximum Gasteiger partial charge on any atom is 0.257 e. The Morgan fingerprint density at radius 1 is 1.05 bits per heavy atom. The molecule has 4 nitrogen and oxygen atoms in total. The van der Waals surface area contributed by atoms with Gasteiger partial charge in [0.25, 0.3) is 5.89 Å². The molecule has 0 bridgehead atoms. The lowest BCUT2D eigenvalue weighted by molar-refractivity contribution is 0.425. The molecule has 20 heavy (non-hydrogen) atoms. The van der Waals surface area contributed by atoms with E-state index in [0.29, 0.717) is 17.5 Å². The molecule has 1 N–H and O–H groups in total. The van der Waals surface area contributed by atoms with Crippen molar-refractivity contribution in [3.8, 4) is 17.2 Å². The van der Waals surface area contributed by atoms with Crippen molar-refractivity contribution >= 4 is 11.8 Å². The molecule has 1 heterocycles. The Bertz CT molecular complexity index is 698. The van der Waals surface area contributed by atoms with Crippen molar-refractivity contribution in [2.24, 2.45) is 0 Å². The number of benzene rings is 2. The maximum atomic E-state index is 9.40. The molecular weight excluding hydrogens is 272 g/mol. The van der Waals surface area contributed by atoms with Crippen LogP contribution in [0.4, 0.5) is 0 Å². The first-order valence-electron chi connectivity index (χ1n) is 6.11. The third-order valence-corrected chi connectivity index (χ3v) is 3.66. The molecule has 0 saturated carbocycles. The van der Waals surface area contributed by atoms with Gasteiger partial charge in [0.05, 0.1) is 5.75 Å². The predicted molar refractivity (Wildman–Crippen MR) is 77.4 cm³/mol. The summed E-state index contributed by atoms with van der Waals surface area (Å²) in [5.74, 6) is 2.02. The summed E-state index contributed by atoms with van der Waals surface area (Å²) < 4.78 is 5.24. The molecule has 100 valence electrons. The van der Waals surface area contributed by atoms with Gasteiger partial charge in [-0.05, 0) is 30.3 Å². The number of nitrogens with zero attached hydrogens (tertiary/aromatic N) is 2. The lowest BCUT2D eigenvalue weighted by atomic mass is 10.2. The van der Waals surface area contributed by atoms with Gasteiger partial charge in [-0.25, -0.2) is 0 Å². The zero-order valence-electron chi connectivity index (χ0n) is 10.6. The van der Waals surface area contributed by atoms with Gasteiger partial charge in [-0.3, -0.25) is 0 Å². The van der Waals surface area contributed by atoms with Crippen LogP contribution in [0, 0.1) is 0 Å². The number of thioether (sulfide) groups is 1.